The second kappa shape index (κ2) is 3.73. The molecule has 0 aromatic carbocycles. The van der Waals surface area contributed by atoms with Gasteiger partial charge < -0.3 is 5.32 Å². The first-order valence-electron chi connectivity index (χ1n) is 5.43. The molecule has 2 N–H and O–H groups in total. The number of rotatable bonds is 3. The second-order valence-electron chi connectivity index (χ2n) is 4.64. The predicted molar refractivity (Wildman–Crippen MR) is 57.0 cm³/mol. The van der Waals surface area contributed by atoms with Crippen LogP contribution in [0.3, 0.4) is 0 Å². The van der Waals surface area contributed by atoms with Gasteiger partial charge >= 0.3 is 0 Å². The number of nitrogens with zero attached hydrogens (tertiary/aromatic N) is 1. The number of aryl methyl sites for hydroxylation is 1. The summed E-state index contributed by atoms with van der Waals surface area (Å²) in [5.41, 5.74) is 2.83. The molecule has 14 heavy (non-hydrogen) atoms. The van der Waals surface area contributed by atoms with E-state index in [9.17, 15) is 0 Å². The SMILES string of the molecule is Cc1[nH]ncc1CNC1(C)CCCC1. The van der Waals surface area contributed by atoms with E-state index in [4.69, 9.17) is 0 Å². The molecule has 1 aromatic heterocycles. The molecule has 0 saturated heterocycles. The second-order valence-corrected chi connectivity index (χ2v) is 4.64. The first kappa shape index (κ1) is 9.71. The molecule has 1 aromatic rings. The Morgan fingerprint density at radius 2 is 2.21 bits per heavy atom. The van der Waals surface area contributed by atoms with E-state index in [-0.39, 0.29) is 0 Å². The molecule has 78 valence electrons. The predicted octanol–water partition coefficient (Wildman–Crippen LogP) is 2.14. The molecule has 3 nitrogen and oxygen atoms in total. The van der Waals surface area contributed by atoms with Crippen molar-refractivity contribution in [2.75, 3.05) is 0 Å². The van der Waals surface area contributed by atoms with Gasteiger partial charge in [-0.3, -0.25) is 5.10 Å². The molecule has 1 saturated carbocycles. The highest BCUT2D eigenvalue weighted by Gasteiger charge is 2.27. The lowest BCUT2D eigenvalue weighted by molar-refractivity contribution is 0.362. The van der Waals surface area contributed by atoms with Crippen LogP contribution in [-0.2, 0) is 6.54 Å². The molecule has 1 aliphatic carbocycles. The van der Waals surface area contributed by atoms with Crippen LogP contribution in [0.15, 0.2) is 6.20 Å². The van der Waals surface area contributed by atoms with Gasteiger partial charge in [0.1, 0.15) is 0 Å². The molecule has 0 unspecified atom stereocenters. The Kier molecular flexibility index (Phi) is 2.59. The summed E-state index contributed by atoms with van der Waals surface area (Å²) in [4.78, 5) is 0. The minimum atomic E-state index is 0.365. The van der Waals surface area contributed by atoms with E-state index in [0.29, 0.717) is 5.54 Å². The van der Waals surface area contributed by atoms with E-state index in [1.165, 1.54) is 36.9 Å². The number of aromatic nitrogens is 2. The Morgan fingerprint density at radius 3 is 2.79 bits per heavy atom. The van der Waals surface area contributed by atoms with E-state index in [1.54, 1.807) is 0 Å². The molecular weight excluding hydrogens is 174 g/mol. The first-order valence-corrected chi connectivity index (χ1v) is 5.43. The monoisotopic (exact) mass is 193 g/mol. The third-order valence-electron chi connectivity index (χ3n) is 3.35. The molecule has 1 heterocycles. The number of H-pyrrole nitrogens is 1. The van der Waals surface area contributed by atoms with Gasteiger partial charge in [0.15, 0.2) is 0 Å². The number of hydrogen-bond donors (Lipinski definition) is 2. The van der Waals surface area contributed by atoms with Crippen molar-refractivity contribution < 1.29 is 0 Å². The lowest BCUT2D eigenvalue weighted by Gasteiger charge is -2.25. The smallest absolute Gasteiger partial charge is 0.0535 e. The summed E-state index contributed by atoms with van der Waals surface area (Å²) in [5.74, 6) is 0. The third-order valence-corrected chi connectivity index (χ3v) is 3.35. The van der Waals surface area contributed by atoms with E-state index >= 15 is 0 Å². The number of aromatic amines is 1. The fourth-order valence-electron chi connectivity index (χ4n) is 2.19. The van der Waals surface area contributed by atoms with Gasteiger partial charge in [0, 0.05) is 23.3 Å². The van der Waals surface area contributed by atoms with Crippen molar-refractivity contribution in [1.82, 2.24) is 15.5 Å². The third kappa shape index (κ3) is 1.98. The zero-order valence-corrected chi connectivity index (χ0v) is 9.06. The van der Waals surface area contributed by atoms with Crippen molar-refractivity contribution in [3.8, 4) is 0 Å². The van der Waals surface area contributed by atoms with Crippen molar-refractivity contribution in [1.29, 1.82) is 0 Å². The highest BCUT2D eigenvalue weighted by molar-refractivity contribution is 5.14. The molecule has 0 radical (unpaired) electrons. The van der Waals surface area contributed by atoms with Crippen LogP contribution in [0.1, 0.15) is 43.9 Å². The van der Waals surface area contributed by atoms with Gasteiger partial charge in [-0.25, -0.2) is 0 Å². The molecule has 0 atom stereocenters. The van der Waals surface area contributed by atoms with E-state index in [2.05, 4.69) is 29.4 Å². The van der Waals surface area contributed by atoms with Crippen molar-refractivity contribution in [2.45, 2.75) is 51.6 Å². The highest BCUT2D eigenvalue weighted by atomic mass is 15.1. The Morgan fingerprint density at radius 1 is 1.50 bits per heavy atom. The van der Waals surface area contributed by atoms with Crippen LogP contribution in [-0.4, -0.2) is 15.7 Å². The van der Waals surface area contributed by atoms with Crippen LogP contribution < -0.4 is 5.32 Å². The maximum absolute atomic E-state index is 4.02. The van der Waals surface area contributed by atoms with Gasteiger partial charge in [-0.15, -0.1) is 0 Å². The minimum absolute atomic E-state index is 0.365. The fourth-order valence-corrected chi connectivity index (χ4v) is 2.19. The van der Waals surface area contributed by atoms with Gasteiger partial charge in [0.2, 0.25) is 0 Å². The standard InChI is InChI=1S/C11H19N3/c1-9-10(8-13-14-9)7-12-11(2)5-3-4-6-11/h8,12H,3-7H2,1-2H3,(H,13,14). The van der Waals surface area contributed by atoms with E-state index in [1.807, 2.05) is 6.20 Å². The van der Waals surface area contributed by atoms with Crippen LogP contribution in [0.4, 0.5) is 0 Å². The average molecular weight is 193 g/mol. The quantitative estimate of drug-likeness (QED) is 0.772. The normalized spacial score (nSPS) is 20.1. The van der Waals surface area contributed by atoms with Gasteiger partial charge in [-0.1, -0.05) is 12.8 Å². The molecule has 0 bridgehead atoms. The van der Waals surface area contributed by atoms with Gasteiger partial charge in [0.25, 0.3) is 0 Å². The van der Waals surface area contributed by atoms with Gasteiger partial charge in [-0.05, 0) is 26.7 Å². The zero-order valence-electron chi connectivity index (χ0n) is 9.06. The van der Waals surface area contributed by atoms with E-state index < -0.39 is 0 Å². The molecule has 0 spiro atoms. The highest BCUT2D eigenvalue weighted by Crippen LogP contribution is 2.29. The Balaban J connectivity index is 1.91. The Bertz CT molecular complexity index is 297. The summed E-state index contributed by atoms with van der Waals surface area (Å²) in [6.07, 6.45) is 7.27. The van der Waals surface area contributed by atoms with E-state index in [0.717, 1.165) is 6.54 Å². The maximum Gasteiger partial charge on any atom is 0.0535 e. The van der Waals surface area contributed by atoms with Crippen LogP contribution >= 0.6 is 0 Å². The van der Waals surface area contributed by atoms with Gasteiger partial charge in [-0.2, -0.15) is 5.10 Å². The van der Waals surface area contributed by atoms with Crippen molar-refractivity contribution in [2.24, 2.45) is 0 Å². The number of nitrogens with one attached hydrogen (secondary N) is 2. The maximum atomic E-state index is 4.02. The van der Waals surface area contributed by atoms with Crippen LogP contribution in [0.5, 0.6) is 0 Å². The molecular formula is C11H19N3. The molecule has 3 heteroatoms. The lowest BCUT2D eigenvalue weighted by Crippen LogP contribution is -2.38. The van der Waals surface area contributed by atoms with Crippen LogP contribution in [0.2, 0.25) is 0 Å². The topological polar surface area (TPSA) is 40.7 Å². The average Bonchev–Trinajstić information content (AvgIpc) is 2.73. The van der Waals surface area contributed by atoms with Crippen molar-refractivity contribution in [3.63, 3.8) is 0 Å². The van der Waals surface area contributed by atoms with Crippen molar-refractivity contribution in [3.05, 3.63) is 17.5 Å². The van der Waals surface area contributed by atoms with Crippen LogP contribution in [0, 0.1) is 6.92 Å². The largest absolute Gasteiger partial charge is 0.307 e. The first-order chi connectivity index (χ1) is 6.70. The Labute approximate surface area is 85.3 Å². The zero-order chi connectivity index (χ0) is 10.0. The number of hydrogen-bond acceptors (Lipinski definition) is 2. The lowest BCUT2D eigenvalue weighted by atomic mass is 10.0. The van der Waals surface area contributed by atoms with Crippen molar-refractivity contribution >= 4 is 0 Å². The molecule has 1 fully saturated rings. The fraction of sp³-hybridized carbons (Fsp3) is 0.727. The minimum Gasteiger partial charge on any atom is -0.307 e. The summed E-state index contributed by atoms with van der Waals surface area (Å²) in [5, 5.41) is 10.6. The van der Waals surface area contributed by atoms with Gasteiger partial charge in [0.05, 0.1) is 6.20 Å². The Hall–Kier alpha value is -0.830. The van der Waals surface area contributed by atoms with Crippen LogP contribution in [0.25, 0.3) is 0 Å². The summed E-state index contributed by atoms with van der Waals surface area (Å²) in [6, 6.07) is 0. The molecule has 1 aliphatic rings. The summed E-state index contributed by atoms with van der Waals surface area (Å²) in [7, 11) is 0. The summed E-state index contributed by atoms with van der Waals surface area (Å²) < 4.78 is 0. The summed E-state index contributed by atoms with van der Waals surface area (Å²) in [6.45, 7) is 5.34. The molecule has 0 aliphatic heterocycles. The summed E-state index contributed by atoms with van der Waals surface area (Å²) >= 11 is 0. The molecule has 0 amide bonds. The molecule has 2 rings (SSSR count).